The van der Waals surface area contributed by atoms with Gasteiger partial charge >= 0.3 is 0 Å². The average Bonchev–Trinajstić information content (AvgIpc) is 2.88. The fourth-order valence-electron chi connectivity index (χ4n) is 3.21. The largest absolute Gasteiger partial charge is 0.358 e. The van der Waals surface area contributed by atoms with Crippen molar-refractivity contribution in [1.82, 2.24) is 10.5 Å². The standard InChI is InChI=1S/C16H20N2O2/c19-16(18-20)13-7-6-12-9-14(17-15(12)10-13)8-11-4-2-1-3-5-11/h6-7,9-11,17,20H,1-5,8H2,(H,18,19). The monoisotopic (exact) mass is 272 g/mol. The van der Waals surface area contributed by atoms with Gasteiger partial charge < -0.3 is 4.98 Å². The van der Waals surface area contributed by atoms with Gasteiger partial charge in [0.1, 0.15) is 0 Å². The van der Waals surface area contributed by atoms with Crippen LogP contribution in [0.1, 0.15) is 48.2 Å². The molecule has 0 saturated heterocycles. The SMILES string of the molecule is O=C(NO)c1ccc2cc(CC3CCCCC3)[nH]c2c1. The summed E-state index contributed by atoms with van der Waals surface area (Å²) in [5, 5.41) is 9.79. The summed E-state index contributed by atoms with van der Waals surface area (Å²) in [7, 11) is 0. The van der Waals surface area contributed by atoms with Crippen molar-refractivity contribution in [2.24, 2.45) is 5.92 Å². The highest BCUT2D eigenvalue weighted by molar-refractivity contribution is 5.97. The molecule has 4 heteroatoms. The van der Waals surface area contributed by atoms with Crippen LogP contribution in [0.4, 0.5) is 0 Å². The maximum absolute atomic E-state index is 11.4. The molecule has 1 amide bonds. The number of benzene rings is 1. The molecule has 1 aromatic carbocycles. The van der Waals surface area contributed by atoms with Crippen LogP contribution in [0, 0.1) is 5.92 Å². The maximum Gasteiger partial charge on any atom is 0.274 e. The molecule has 0 atom stereocenters. The molecule has 0 radical (unpaired) electrons. The van der Waals surface area contributed by atoms with Crippen molar-refractivity contribution in [3.05, 3.63) is 35.5 Å². The van der Waals surface area contributed by atoms with Crippen LogP contribution in [0.25, 0.3) is 10.9 Å². The smallest absolute Gasteiger partial charge is 0.274 e. The Balaban J connectivity index is 1.81. The van der Waals surface area contributed by atoms with Crippen molar-refractivity contribution in [1.29, 1.82) is 0 Å². The molecule has 20 heavy (non-hydrogen) atoms. The minimum absolute atomic E-state index is 0.464. The normalized spacial score (nSPS) is 16.4. The van der Waals surface area contributed by atoms with Gasteiger partial charge in [-0.25, -0.2) is 5.48 Å². The number of H-pyrrole nitrogens is 1. The number of carbonyl (C=O) groups excluding carboxylic acids is 1. The molecule has 0 bridgehead atoms. The molecule has 0 spiro atoms. The van der Waals surface area contributed by atoms with E-state index in [2.05, 4.69) is 11.1 Å². The second kappa shape index (κ2) is 5.67. The summed E-state index contributed by atoms with van der Waals surface area (Å²) in [5.74, 6) is 0.312. The first kappa shape index (κ1) is 13.2. The quantitative estimate of drug-likeness (QED) is 0.592. The van der Waals surface area contributed by atoms with Crippen molar-refractivity contribution >= 4 is 16.8 Å². The Bertz CT molecular complexity index is 612. The zero-order chi connectivity index (χ0) is 13.9. The summed E-state index contributed by atoms with van der Waals surface area (Å²) in [4.78, 5) is 14.8. The zero-order valence-corrected chi connectivity index (χ0v) is 11.5. The Kier molecular flexibility index (Phi) is 3.74. The lowest BCUT2D eigenvalue weighted by molar-refractivity contribution is 0.0706. The van der Waals surface area contributed by atoms with Gasteiger partial charge in [0.05, 0.1) is 0 Å². The number of aromatic nitrogens is 1. The Morgan fingerprint density at radius 2 is 2.05 bits per heavy atom. The number of aromatic amines is 1. The van der Waals surface area contributed by atoms with Crippen LogP contribution in [0.15, 0.2) is 24.3 Å². The van der Waals surface area contributed by atoms with E-state index in [1.807, 2.05) is 6.07 Å². The number of nitrogens with one attached hydrogen (secondary N) is 2. The molecule has 4 nitrogen and oxygen atoms in total. The minimum Gasteiger partial charge on any atom is -0.358 e. The number of hydrogen-bond acceptors (Lipinski definition) is 2. The average molecular weight is 272 g/mol. The van der Waals surface area contributed by atoms with E-state index in [1.165, 1.54) is 37.8 Å². The predicted octanol–water partition coefficient (Wildman–Crippen LogP) is 3.41. The lowest BCUT2D eigenvalue weighted by atomic mass is 9.86. The summed E-state index contributed by atoms with van der Waals surface area (Å²) in [6.07, 6.45) is 7.83. The molecule has 1 aliphatic rings. The predicted molar refractivity (Wildman–Crippen MR) is 77.8 cm³/mol. The first-order valence-corrected chi connectivity index (χ1v) is 7.32. The second-order valence-electron chi connectivity index (χ2n) is 5.75. The maximum atomic E-state index is 11.4. The highest BCUT2D eigenvalue weighted by atomic mass is 16.5. The van der Waals surface area contributed by atoms with Crippen molar-refractivity contribution < 1.29 is 10.0 Å². The molecule has 1 aromatic heterocycles. The molecule has 1 heterocycles. The van der Waals surface area contributed by atoms with Crippen LogP contribution >= 0.6 is 0 Å². The van der Waals surface area contributed by atoms with Gasteiger partial charge in [-0.3, -0.25) is 10.0 Å². The second-order valence-corrected chi connectivity index (χ2v) is 5.75. The third kappa shape index (κ3) is 2.70. The molecule has 106 valence electrons. The van der Waals surface area contributed by atoms with Crippen molar-refractivity contribution in [3.8, 4) is 0 Å². The van der Waals surface area contributed by atoms with E-state index in [0.29, 0.717) is 5.56 Å². The molecule has 0 aliphatic heterocycles. The van der Waals surface area contributed by atoms with E-state index >= 15 is 0 Å². The Hall–Kier alpha value is -1.81. The van der Waals surface area contributed by atoms with Crippen LogP contribution in [0.2, 0.25) is 0 Å². The van der Waals surface area contributed by atoms with E-state index in [1.54, 1.807) is 17.6 Å². The number of fused-ring (bicyclic) bond motifs is 1. The van der Waals surface area contributed by atoms with Crippen molar-refractivity contribution in [2.45, 2.75) is 38.5 Å². The van der Waals surface area contributed by atoms with Gasteiger partial charge in [0.25, 0.3) is 5.91 Å². The summed E-state index contributed by atoms with van der Waals surface area (Å²) < 4.78 is 0. The Morgan fingerprint density at radius 3 is 2.80 bits per heavy atom. The molecular weight excluding hydrogens is 252 g/mol. The molecule has 1 fully saturated rings. The summed E-state index contributed by atoms with van der Waals surface area (Å²) in [5.41, 5.74) is 4.33. The lowest BCUT2D eigenvalue weighted by Crippen LogP contribution is -2.18. The summed E-state index contributed by atoms with van der Waals surface area (Å²) >= 11 is 0. The van der Waals surface area contributed by atoms with Gasteiger partial charge in [0.2, 0.25) is 0 Å². The van der Waals surface area contributed by atoms with Crippen LogP contribution in [0.5, 0.6) is 0 Å². The van der Waals surface area contributed by atoms with Crippen LogP contribution in [-0.4, -0.2) is 16.1 Å². The van der Waals surface area contributed by atoms with E-state index in [-0.39, 0.29) is 0 Å². The molecule has 1 aliphatic carbocycles. The van der Waals surface area contributed by atoms with E-state index in [0.717, 1.165) is 23.2 Å². The van der Waals surface area contributed by atoms with Crippen molar-refractivity contribution in [2.75, 3.05) is 0 Å². The minimum atomic E-state index is -0.477. The molecule has 2 aromatic rings. The molecule has 0 unspecified atom stereocenters. The lowest BCUT2D eigenvalue weighted by Gasteiger charge is -2.20. The number of carbonyl (C=O) groups is 1. The summed E-state index contributed by atoms with van der Waals surface area (Å²) in [6, 6.07) is 7.60. The van der Waals surface area contributed by atoms with Crippen molar-refractivity contribution in [3.63, 3.8) is 0 Å². The van der Waals surface area contributed by atoms with Gasteiger partial charge in [-0.15, -0.1) is 0 Å². The van der Waals surface area contributed by atoms with E-state index in [4.69, 9.17) is 5.21 Å². The fraction of sp³-hybridized carbons (Fsp3) is 0.438. The molecule has 1 saturated carbocycles. The highest BCUT2D eigenvalue weighted by Gasteiger charge is 2.15. The first-order chi connectivity index (χ1) is 9.76. The van der Waals surface area contributed by atoms with Gasteiger partial charge in [-0.05, 0) is 35.9 Å². The number of amides is 1. The fourth-order valence-corrected chi connectivity index (χ4v) is 3.21. The summed E-state index contributed by atoms with van der Waals surface area (Å²) in [6.45, 7) is 0. The van der Waals surface area contributed by atoms with Gasteiger partial charge in [-0.1, -0.05) is 38.2 Å². The molecule has 3 rings (SSSR count). The topological polar surface area (TPSA) is 65.1 Å². The Labute approximate surface area is 118 Å². The van der Waals surface area contributed by atoms with Gasteiger partial charge in [0, 0.05) is 16.8 Å². The number of hydrogen-bond donors (Lipinski definition) is 3. The van der Waals surface area contributed by atoms with E-state index in [9.17, 15) is 4.79 Å². The van der Waals surface area contributed by atoms with E-state index < -0.39 is 5.91 Å². The molecular formula is C16H20N2O2. The van der Waals surface area contributed by atoms with Crippen LogP contribution in [0.3, 0.4) is 0 Å². The third-order valence-corrected chi connectivity index (χ3v) is 4.28. The molecule has 3 N–H and O–H groups in total. The van der Waals surface area contributed by atoms with Gasteiger partial charge in [0.15, 0.2) is 0 Å². The van der Waals surface area contributed by atoms with Crippen LogP contribution < -0.4 is 5.48 Å². The van der Waals surface area contributed by atoms with Crippen LogP contribution in [-0.2, 0) is 6.42 Å². The highest BCUT2D eigenvalue weighted by Crippen LogP contribution is 2.28. The zero-order valence-electron chi connectivity index (χ0n) is 11.5. The third-order valence-electron chi connectivity index (χ3n) is 4.28. The Morgan fingerprint density at radius 1 is 1.25 bits per heavy atom. The number of rotatable bonds is 3. The first-order valence-electron chi connectivity index (χ1n) is 7.32. The number of hydroxylamine groups is 1. The van der Waals surface area contributed by atoms with Gasteiger partial charge in [-0.2, -0.15) is 0 Å².